The quantitative estimate of drug-likeness (QED) is 0.832. The number of fused-ring (bicyclic) bond motifs is 3. The number of methoxy groups -OCH3 is 1. The van der Waals surface area contributed by atoms with Crippen LogP contribution in [-0.2, 0) is 9.57 Å². The highest BCUT2D eigenvalue weighted by atomic mass is 16.8. The SMILES string of the molecule is COC(C)(C)[C@@]12C[C@](O)(C(C)C)ON1[C@H]1CCCC[C@H]1N2O. The van der Waals surface area contributed by atoms with Crippen molar-refractivity contribution in [3.8, 4) is 0 Å². The molecule has 0 spiro atoms. The van der Waals surface area contributed by atoms with Gasteiger partial charge in [-0.2, -0.15) is 10.1 Å². The van der Waals surface area contributed by atoms with Crippen LogP contribution in [0.2, 0.25) is 0 Å². The predicted molar refractivity (Wildman–Crippen MR) is 80.8 cm³/mol. The summed E-state index contributed by atoms with van der Waals surface area (Å²) in [6, 6.07) is 0.140. The van der Waals surface area contributed by atoms with Gasteiger partial charge < -0.3 is 15.1 Å². The lowest BCUT2D eigenvalue weighted by molar-refractivity contribution is -0.338. The van der Waals surface area contributed by atoms with Crippen LogP contribution >= 0.6 is 0 Å². The molecule has 0 aromatic carbocycles. The Bertz CT molecular complexity index is 444. The second-order valence-corrected chi connectivity index (χ2v) is 7.89. The van der Waals surface area contributed by atoms with Crippen molar-refractivity contribution in [2.24, 2.45) is 5.92 Å². The molecular formula is C16H30N2O4. The first-order chi connectivity index (χ1) is 10.2. The molecule has 3 aliphatic rings. The lowest BCUT2D eigenvalue weighted by Gasteiger charge is -2.46. The van der Waals surface area contributed by atoms with Crippen LogP contribution < -0.4 is 0 Å². The van der Waals surface area contributed by atoms with E-state index >= 15 is 0 Å². The van der Waals surface area contributed by atoms with Gasteiger partial charge in [-0.25, -0.2) is 0 Å². The van der Waals surface area contributed by atoms with E-state index in [9.17, 15) is 10.3 Å². The summed E-state index contributed by atoms with van der Waals surface area (Å²) in [7, 11) is 1.65. The fourth-order valence-electron chi connectivity index (χ4n) is 4.39. The summed E-state index contributed by atoms with van der Waals surface area (Å²) in [5.74, 6) is -1.35. The molecule has 0 aromatic rings. The van der Waals surface area contributed by atoms with E-state index in [0.29, 0.717) is 6.42 Å². The minimum Gasteiger partial charge on any atom is -0.375 e. The summed E-state index contributed by atoms with van der Waals surface area (Å²) in [6.07, 6.45) is 4.46. The maximum absolute atomic E-state index is 11.0. The molecule has 2 saturated heterocycles. The van der Waals surface area contributed by atoms with Gasteiger partial charge in [0.05, 0.1) is 17.7 Å². The molecule has 6 nitrogen and oxygen atoms in total. The van der Waals surface area contributed by atoms with Gasteiger partial charge in [0, 0.05) is 19.4 Å². The molecule has 0 amide bonds. The zero-order valence-corrected chi connectivity index (χ0v) is 14.4. The van der Waals surface area contributed by atoms with Crippen molar-refractivity contribution in [3.05, 3.63) is 0 Å². The fraction of sp³-hybridized carbons (Fsp3) is 1.00. The van der Waals surface area contributed by atoms with Crippen LogP contribution in [0.25, 0.3) is 0 Å². The van der Waals surface area contributed by atoms with Gasteiger partial charge >= 0.3 is 0 Å². The van der Waals surface area contributed by atoms with Gasteiger partial charge in [-0.3, -0.25) is 4.84 Å². The van der Waals surface area contributed by atoms with Crippen LogP contribution in [0.4, 0.5) is 0 Å². The topological polar surface area (TPSA) is 65.4 Å². The van der Waals surface area contributed by atoms with Crippen molar-refractivity contribution in [1.82, 2.24) is 10.1 Å². The lowest BCUT2D eigenvalue weighted by atomic mass is 9.82. The van der Waals surface area contributed by atoms with Crippen LogP contribution in [0.3, 0.4) is 0 Å². The normalized spacial score (nSPS) is 43.6. The molecule has 2 heterocycles. The third kappa shape index (κ3) is 1.95. The Morgan fingerprint density at radius 2 is 1.82 bits per heavy atom. The number of rotatable bonds is 3. The minimum atomic E-state index is -1.28. The van der Waals surface area contributed by atoms with Crippen LogP contribution in [-0.4, -0.2) is 56.7 Å². The largest absolute Gasteiger partial charge is 0.375 e. The molecule has 2 aliphatic heterocycles. The molecule has 22 heavy (non-hydrogen) atoms. The fourth-order valence-corrected chi connectivity index (χ4v) is 4.39. The Kier molecular flexibility index (Phi) is 3.87. The number of nitrogens with zero attached hydrogens (tertiary/aromatic N) is 2. The molecule has 4 atom stereocenters. The Balaban J connectivity index is 2.07. The predicted octanol–water partition coefficient (Wildman–Crippen LogP) is 2.11. The van der Waals surface area contributed by atoms with Crippen molar-refractivity contribution >= 4 is 0 Å². The van der Waals surface area contributed by atoms with Gasteiger partial charge in [0.15, 0.2) is 11.4 Å². The lowest BCUT2D eigenvalue weighted by Crippen LogP contribution is -2.64. The van der Waals surface area contributed by atoms with E-state index in [1.165, 1.54) is 5.06 Å². The van der Waals surface area contributed by atoms with Crippen molar-refractivity contribution in [1.29, 1.82) is 0 Å². The van der Waals surface area contributed by atoms with E-state index < -0.39 is 17.1 Å². The number of hydrogen-bond acceptors (Lipinski definition) is 6. The first-order valence-corrected chi connectivity index (χ1v) is 8.44. The third-order valence-electron chi connectivity index (χ3n) is 6.19. The number of aliphatic hydroxyl groups is 1. The minimum absolute atomic E-state index is 0.0416. The van der Waals surface area contributed by atoms with Gasteiger partial charge in [0.1, 0.15) is 0 Å². The number of ether oxygens (including phenoxy) is 1. The van der Waals surface area contributed by atoms with Crippen LogP contribution in [0.5, 0.6) is 0 Å². The summed E-state index contributed by atoms with van der Waals surface area (Å²) < 4.78 is 5.74. The Hall–Kier alpha value is -0.240. The van der Waals surface area contributed by atoms with E-state index in [0.717, 1.165) is 25.7 Å². The van der Waals surface area contributed by atoms with Crippen LogP contribution in [0, 0.1) is 5.92 Å². The molecular weight excluding hydrogens is 284 g/mol. The second-order valence-electron chi connectivity index (χ2n) is 7.89. The molecule has 0 aromatic heterocycles. The smallest absolute Gasteiger partial charge is 0.191 e. The highest BCUT2D eigenvalue weighted by Crippen LogP contribution is 2.56. The molecule has 0 radical (unpaired) electrons. The molecule has 2 N–H and O–H groups in total. The molecule has 0 bridgehead atoms. The number of hydrogen-bond donors (Lipinski definition) is 2. The monoisotopic (exact) mass is 314 g/mol. The molecule has 3 fully saturated rings. The average Bonchev–Trinajstić information content (AvgIpc) is 2.93. The highest BCUT2D eigenvalue weighted by molar-refractivity contribution is 5.14. The molecule has 6 heteroatoms. The van der Waals surface area contributed by atoms with E-state index in [1.54, 1.807) is 7.11 Å². The first-order valence-electron chi connectivity index (χ1n) is 8.44. The van der Waals surface area contributed by atoms with Crippen molar-refractivity contribution < 1.29 is 19.9 Å². The summed E-state index contributed by atoms with van der Waals surface area (Å²) in [5, 5.41) is 25.3. The van der Waals surface area contributed by atoms with E-state index in [1.807, 2.05) is 32.8 Å². The van der Waals surface area contributed by atoms with Gasteiger partial charge in [-0.05, 0) is 26.7 Å². The average molecular weight is 314 g/mol. The highest BCUT2D eigenvalue weighted by Gasteiger charge is 2.73. The standard InChI is InChI=1S/C16H30N2O4/c1-11(2)15(19)10-16(14(3,4)21-5)17(20)12-8-6-7-9-13(12)18(16)22-15/h11-13,19-20H,6-10H2,1-5H3/t12-,13+,15-,16-/m1/s1. The maximum atomic E-state index is 11.0. The first kappa shape index (κ1) is 16.6. The summed E-state index contributed by atoms with van der Waals surface area (Å²) >= 11 is 0. The van der Waals surface area contributed by atoms with E-state index in [2.05, 4.69) is 0 Å². The van der Waals surface area contributed by atoms with Gasteiger partial charge in [0.2, 0.25) is 0 Å². The van der Waals surface area contributed by atoms with E-state index in [4.69, 9.17) is 9.57 Å². The second kappa shape index (κ2) is 5.13. The molecule has 128 valence electrons. The Morgan fingerprint density at radius 1 is 1.23 bits per heavy atom. The zero-order valence-electron chi connectivity index (χ0n) is 14.4. The van der Waals surface area contributed by atoms with Crippen LogP contribution in [0.15, 0.2) is 0 Å². The van der Waals surface area contributed by atoms with Crippen LogP contribution in [0.1, 0.15) is 59.8 Å². The summed E-state index contributed by atoms with van der Waals surface area (Å²) in [5.41, 5.74) is -1.54. The molecule has 1 saturated carbocycles. The summed E-state index contributed by atoms with van der Waals surface area (Å²) in [6.45, 7) is 7.79. The molecule has 3 rings (SSSR count). The number of hydroxylamine groups is 4. The molecule has 1 aliphatic carbocycles. The van der Waals surface area contributed by atoms with Crippen molar-refractivity contribution in [2.75, 3.05) is 7.11 Å². The maximum Gasteiger partial charge on any atom is 0.191 e. The van der Waals surface area contributed by atoms with Gasteiger partial charge in [-0.15, -0.1) is 0 Å². The van der Waals surface area contributed by atoms with Gasteiger partial charge in [0.25, 0.3) is 0 Å². The van der Waals surface area contributed by atoms with Gasteiger partial charge in [-0.1, -0.05) is 26.7 Å². The molecule has 0 unspecified atom stereocenters. The Labute approximate surface area is 132 Å². The Morgan fingerprint density at radius 3 is 2.36 bits per heavy atom. The van der Waals surface area contributed by atoms with E-state index in [-0.39, 0.29) is 18.0 Å². The zero-order chi connectivity index (χ0) is 16.3. The van der Waals surface area contributed by atoms with Crippen molar-refractivity contribution in [2.45, 2.75) is 88.9 Å². The van der Waals surface area contributed by atoms with Crippen molar-refractivity contribution in [3.63, 3.8) is 0 Å². The summed E-state index contributed by atoms with van der Waals surface area (Å²) in [4.78, 5) is 6.07. The third-order valence-corrected chi connectivity index (χ3v) is 6.19.